The Bertz CT molecular complexity index is 1090. The number of nitro benzene ring substituents is 1. The molecule has 1 saturated heterocycles. The molecule has 5 rings (SSSR count). The average molecular weight is 412 g/mol. The molecule has 0 N–H and O–H groups in total. The first-order valence-electron chi connectivity index (χ1n) is 9.08. The van der Waals surface area contributed by atoms with Crippen LogP contribution in [0.25, 0.3) is 11.3 Å². The summed E-state index contributed by atoms with van der Waals surface area (Å²) in [5.74, 6) is -0.334. The van der Waals surface area contributed by atoms with Gasteiger partial charge in [0.25, 0.3) is 17.5 Å². The van der Waals surface area contributed by atoms with Gasteiger partial charge in [-0.2, -0.15) is 10.1 Å². The summed E-state index contributed by atoms with van der Waals surface area (Å²) in [6.07, 6.45) is 6.19. The first kappa shape index (κ1) is 17.8. The van der Waals surface area contributed by atoms with Crippen molar-refractivity contribution in [3.8, 4) is 11.3 Å². The summed E-state index contributed by atoms with van der Waals surface area (Å²) in [6, 6.07) is 7.23. The molecule has 1 aliphatic heterocycles. The predicted molar refractivity (Wildman–Crippen MR) is 103 cm³/mol. The van der Waals surface area contributed by atoms with Crippen LogP contribution >= 0.6 is 11.6 Å². The number of fused-ring (bicyclic) bond motifs is 5. The number of hydrazone groups is 1. The van der Waals surface area contributed by atoms with Gasteiger partial charge in [0.05, 0.1) is 28.0 Å². The molecule has 3 aliphatic rings. The highest BCUT2D eigenvalue weighted by Crippen LogP contribution is 2.52. The van der Waals surface area contributed by atoms with Gasteiger partial charge in [0.15, 0.2) is 0 Å². The SMILES string of the molecule is O=C1[C@@H]2[C@H](C(=O)N1/N=C\c1ccc(-c3cc([N+](=O)[O-])ccc3Cl)o1)[C@H]1C=C[C@H]2C1. The van der Waals surface area contributed by atoms with Crippen molar-refractivity contribution in [1.82, 2.24) is 5.01 Å². The van der Waals surface area contributed by atoms with Crippen LogP contribution in [0.5, 0.6) is 0 Å². The maximum absolute atomic E-state index is 12.6. The molecule has 2 amide bonds. The quantitative estimate of drug-likeness (QED) is 0.251. The van der Waals surface area contributed by atoms with Crippen molar-refractivity contribution >= 4 is 35.3 Å². The third kappa shape index (κ3) is 2.71. The smallest absolute Gasteiger partial charge is 0.270 e. The molecule has 2 aliphatic carbocycles. The molecule has 2 heterocycles. The summed E-state index contributed by atoms with van der Waals surface area (Å²) < 4.78 is 5.65. The van der Waals surface area contributed by atoms with Gasteiger partial charge < -0.3 is 4.42 Å². The minimum Gasteiger partial charge on any atom is -0.455 e. The summed E-state index contributed by atoms with van der Waals surface area (Å²) in [4.78, 5) is 35.7. The minimum absolute atomic E-state index is 0.112. The Kier molecular flexibility index (Phi) is 3.92. The van der Waals surface area contributed by atoms with Gasteiger partial charge in [-0.1, -0.05) is 23.8 Å². The lowest BCUT2D eigenvalue weighted by atomic mass is 9.85. The van der Waals surface area contributed by atoms with Gasteiger partial charge in [-0.05, 0) is 36.5 Å². The summed E-state index contributed by atoms with van der Waals surface area (Å²) in [5, 5.41) is 16.3. The molecular weight excluding hydrogens is 398 g/mol. The standard InChI is InChI=1S/C20H14ClN3O5/c21-15-5-3-12(24(27)28)8-14(15)16-6-4-13(29-16)9-22-23-19(25)17-10-1-2-11(7-10)18(17)20(23)26/h1-6,8-11,17-18H,7H2/b22-9-/t10-,11-,17-,18+/m0/s1. The molecule has 0 spiro atoms. The molecule has 146 valence electrons. The van der Waals surface area contributed by atoms with Gasteiger partial charge in [-0.25, -0.2) is 0 Å². The molecule has 29 heavy (non-hydrogen) atoms. The maximum Gasteiger partial charge on any atom is 0.270 e. The molecule has 9 heteroatoms. The molecule has 2 fully saturated rings. The number of rotatable bonds is 4. The van der Waals surface area contributed by atoms with E-state index in [9.17, 15) is 19.7 Å². The van der Waals surface area contributed by atoms with Gasteiger partial charge in [-0.3, -0.25) is 19.7 Å². The Morgan fingerprint density at radius 2 is 1.83 bits per heavy atom. The van der Waals surface area contributed by atoms with E-state index in [2.05, 4.69) is 5.10 Å². The van der Waals surface area contributed by atoms with E-state index in [4.69, 9.17) is 16.0 Å². The number of amides is 2. The molecule has 1 aromatic carbocycles. The van der Waals surface area contributed by atoms with Gasteiger partial charge in [0.1, 0.15) is 11.5 Å². The minimum atomic E-state index is -0.519. The summed E-state index contributed by atoms with van der Waals surface area (Å²) in [5.41, 5.74) is 0.255. The molecule has 2 aromatic rings. The fraction of sp³-hybridized carbons (Fsp3) is 0.250. The Hall–Kier alpha value is -3.26. The largest absolute Gasteiger partial charge is 0.455 e. The van der Waals surface area contributed by atoms with E-state index in [1.165, 1.54) is 24.4 Å². The van der Waals surface area contributed by atoms with Crippen LogP contribution in [0.15, 0.2) is 52.0 Å². The van der Waals surface area contributed by atoms with Crippen molar-refractivity contribution in [3.05, 3.63) is 63.4 Å². The number of carbonyl (C=O) groups is 2. The average Bonchev–Trinajstić information content (AvgIpc) is 3.46. The second kappa shape index (κ2) is 6.38. The van der Waals surface area contributed by atoms with Gasteiger partial charge in [0.2, 0.25) is 0 Å². The summed E-state index contributed by atoms with van der Waals surface area (Å²) in [7, 11) is 0. The third-order valence-corrected chi connectivity index (χ3v) is 6.13. The topological polar surface area (TPSA) is 106 Å². The number of hydrogen-bond acceptors (Lipinski definition) is 6. The van der Waals surface area contributed by atoms with E-state index < -0.39 is 4.92 Å². The maximum atomic E-state index is 12.6. The molecule has 8 nitrogen and oxygen atoms in total. The molecule has 1 saturated carbocycles. The number of halogens is 1. The van der Waals surface area contributed by atoms with Crippen molar-refractivity contribution in [2.75, 3.05) is 0 Å². The number of carbonyl (C=O) groups excluding carboxylic acids is 2. The van der Waals surface area contributed by atoms with E-state index in [0.29, 0.717) is 22.1 Å². The van der Waals surface area contributed by atoms with Gasteiger partial charge in [0, 0.05) is 17.7 Å². The van der Waals surface area contributed by atoms with Crippen LogP contribution in [0.3, 0.4) is 0 Å². The van der Waals surface area contributed by atoms with Crippen molar-refractivity contribution in [1.29, 1.82) is 0 Å². The number of nitrogens with zero attached hydrogens (tertiary/aromatic N) is 3. The first-order valence-corrected chi connectivity index (χ1v) is 9.46. The van der Waals surface area contributed by atoms with Crippen LogP contribution in [-0.4, -0.2) is 28.0 Å². The Balaban J connectivity index is 1.38. The van der Waals surface area contributed by atoms with Gasteiger partial charge in [-0.15, -0.1) is 0 Å². The second-order valence-electron chi connectivity index (χ2n) is 7.36. The van der Waals surface area contributed by atoms with Crippen LogP contribution in [0.1, 0.15) is 12.2 Å². The van der Waals surface area contributed by atoms with Crippen LogP contribution < -0.4 is 0 Å². The number of benzene rings is 1. The number of imide groups is 1. The van der Waals surface area contributed by atoms with Crippen molar-refractivity contribution < 1.29 is 18.9 Å². The lowest BCUT2D eigenvalue weighted by Crippen LogP contribution is -2.28. The lowest BCUT2D eigenvalue weighted by molar-refractivity contribution is -0.384. The Morgan fingerprint density at radius 1 is 1.14 bits per heavy atom. The normalized spacial score (nSPS) is 27.4. The molecule has 2 bridgehead atoms. The highest BCUT2D eigenvalue weighted by molar-refractivity contribution is 6.33. The molecule has 0 unspecified atom stereocenters. The van der Waals surface area contributed by atoms with Gasteiger partial charge >= 0.3 is 0 Å². The monoisotopic (exact) mass is 411 g/mol. The number of furan rings is 1. The first-order chi connectivity index (χ1) is 13.9. The molecular formula is C20H14ClN3O5. The van der Waals surface area contributed by atoms with E-state index >= 15 is 0 Å². The van der Waals surface area contributed by atoms with Crippen molar-refractivity contribution in [3.63, 3.8) is 0 Å². The molecule has 0 radical (unpaired) electrons. The number of allylic oxidation sites excluding steroid dienone is 2. The highest BCUT2D eigenvalue weighted by atomic mass is 35.5. The van der Waals surface area contributed by atoms with Crippen LogP contribution in [0.4, 0.5) is 5.69 Å². The highest BCUT2D eigenvalue weighted by Gasteiger charge is 2.59. The summed E-state index contributed by atoms with van der Waals surface area (Å²) in [6.45, 7) is 0. The fourth-order valence-corrected chi connectivity index (χ4v) is 4.71. The predicted octanol–water partition coefficient (Wildman–Crippen LogP) is 3.65. The third-order valence-electron chi connectivity index (χ3n) is 5.80. The van der Waals surface area contributed by atoms with E-state index in [1.807, 2.05) is 12.2 Å². The zero-order chi connectivity index (χ0) is 20.3. The van der Waals surface area contributed by atoms with Crippen LogP contribution in [0.2, 0.25) is 5.02 Å². The van der Waals surface area contributed by atoms with E-state index in [-0.39, 0.29) is 41.2 Å². The number of hydrogen-bond donors (Lipinski definition) is 0. The Morgan fingerprint density at radius 3 is 2.48 bits per heavy atom. The lowest BCUT2D eigenvalue weighted by Gasteiger charge is -2.13. The van der Waals surface area contributed by atoms with Crippen LogP contribution in [-0.2, 0) is 9.59 Å². The van der Waals surface area contributed by atoms with E-state index in [0.717, 1.165) is 11.4 Å². The number of non-ortho nitro benzene ring substituents is 1. The summed E-state index contributed by atoms with van der Waals surface area (Å²) >= 11 is 6.13. The fourth-order valence-electron chi connectivity index (χ4n) is 4.50. The van der Waals surface area contributed by atoms with E-state index in [1.54, 1.807) is 12.1 Å². The zero-order valence-corrected chi connectivity index (χ0v) is 15.7. The second-order valence-corrected chi connectivity index (χ2v) is 7.76. The van der Waals surface area contributed by atoms with Crippen LogP contribution in [0, 0.1) is 33.8 Å². The molecule has 4 atom stereocenters. The van der Waals surface area contributed by atoms with Crippen molar-refractivity contribution in [2.45, 2.75) is 6.42 Å². The number of nitro groups is 1. The molecule has 1 aromatic heterocycles. The van der Waals surface area contributed by atoms with Crippen molar-refractivity contribution in [2.24, 2.45) is 28.8 Å². The Labute approximate surface area is 169 Å². The zero-order valence-electron chi connectivity index (χ0n) is 14.9.